The van der Waals surface area contributed by atoms with Crippen LogP contribution in [0.4, 0.5) is 0 Å². The van der Waals surface area contributed by atoms with Crippen LogP contribution in [0.5, 0.6) is 0 Å². The summed E-state index contributed by atoms with van der Waals surface area (Å²) in [5, 5.41) is 3.38. The van der Waals surface area contributed by atoms with Crippen molar-refractivity contribution in [3.63, 3.8) is 0 Å². The predicted octanol–water partition coefficient (Wildman–Crippen LogP) is 3.14. The number of carbonyl (C=O) groups excluding carboxylic acids is 1. The third-order valence-corrected chi connectivity index (χ3v) is 3.31. The van der Waals surface area contributed by atoms with Gasteiger partial charge < -0.3 is 5.32 Å². The van der Waals surface area contributed by atoms with Gasteiger partial charge in [0.05, 0.1) is 6.54 Å². The van der Waals surface area contributed by atoms with E-state index in [0.717, 1.165) is 6.42 Å². The smallest absolute Gasteiger partial charge is 0.147 e. The van der Waals surface area contributed by atoms with Crippen molar-refractivity contribution in [1.82, 2.24) is 5.32 Å². The Morgan fingerprint density at radius 2 is 1.94 bits per heavy atom. The maximum Gasteiger partial charge on any atom is 0.147 e. The van der Waals surface area contributed by atoms with Crippen molar-refractivity contribution >= 4 is 5.78 Å². The van der Waals surface area contributed by atoms with E-state index >= 15 is 0 Å². The molecule has 1 aromatic rings. The molecular weight excluding hydrogens is 222 g/mol. The summed E-state index contributed by atoms with van der Waals surface area (Å²) in [6.45, 7) is 6.84. The van der Waals surface area contributed by atoms with Crippen LogP contribution in [0.25, 0.3) is 0 Å². The first-order valence-electron chi connectivity index (χ1n) is 6.76. The first-order valence-corrected chi connectivity index (χ1v) is 6.76. The van der Waals surface area contributed by atoms with Crippen molar-refractivity contribution in [3.05, 3.63) is 35.9 Å². The Morgan fingerprint density at radius 3 is 2.56 bits per heavy atom. The number of Topliss-reactive ketones (excluding diaryl/α,β-unsaturated/α-hetero) is 1. The van der Waals surface area contributed by atoms with Gasteiger partial charge in [-0.05, 0) is 17.4 Å². The van der Waals surface area contributed by atoms with Crippen LogP contribution >= 0.6 is 0 Å². The molecule has 2 rings (SSSR count). The van der Waals surface area contributed by atoms with Crippen LogP contribution in [0.2, 0.25) is 0 Å². The van der Waals surface area contributed by atoms with Crippen molar-refractivity contribution in [3.8, 4) is 0 Å². The molecule has 1 aromatic carbocycles. The molecule has 2 heteroatoms. The molecule has 1 aliphatic rings. The Hall–Kier alpha value is -1.15. The molecule has 0 saturated heterocycles. The molecule has 1 unspecified atom stereocenters. The van der Waals surface area contributed by atoms with Gasteiger partial charge in [-0.25, -0.2) is 0 Å². The van der Waals surface area contributed by atoms with Crippen molar-refractivity contribution in [1.29, 1.82) is 0 Å². The zero-order chi connectivity index (χ0) is 13.2. The van der Waals surface area contributed by atoms with Crippen LogP contribution in [-0.2, 0) is 4.79 Å². The van der Waals surface area contributed by atoms with Crippen molar-refractivity contribution in [2.45, 2.75) is 45.6 Å². The monoisotopic (exact) mass is 245 g/mol. The lowest BCUT2D eigenvalue weighted by molar-refractivity contribution is -0.119. The van der Waals surface area contributed by atoms with Crippen molar-refractivity contribution < 1.29 is 4.79 Å². The third-order valence-electron chi connectivity index (χ3n) is 3.31. The summed E-state index contributed by atoms with van der Waals surface area (Å²) in [6, 6.07) is 11.0. The predicted molar refractivity (Wildman–Crippen MR) is 74.7 cm³/mol. The number of hydrogen-bond acceptors (Lipinski definition) is 2. The Kier molecular flexibility index (Phi) is 3.86. The summed E-state index contributed by atoms with van der Waals surface area (Å²) < 4.78 is 0. The molecule has 1 N–H and O–H groups in total. The molecule has 2 nitrogen and oxygen atoms in total. The maximum atomic E-state index is 11.8. The quantitative estimate of drug-likeness (QED) is 0.863. The molecule has 0 aliphatic heterocycles. The van der Waals surface area contributed by atoms with Crippen LogP contribution in [0.15, 0.2) is 30.3 Å². The van der Waals surface area contributed by atoms with Crippen LogP contribution in [0, 0.1) is 5.41 Å². The topological polar surface area (TPSA) is 29.1 Å². The van der Waals surface area contributed by atoms with E-state index in [0.29, 0.717) is 30.7 Å². The second-order valence-corrected chi connectivity index (χ2v) is 6.52. The molecule has 0 heterocycles. The lowest BCUT2D eigenvalue weighted by Gasteiger charge is -2.16. The Balaban J connectivity index is 1.73. The van der Waals surface area contributed by atoms with Crippen LogP contribution < -0.4 is 5.32 Å². The fourth-order valence-corrected chi connectivity index (χ4v) is 2.39. The van der Waals surface area contributed by atoms with Gasteiger partial charge >= 0.3 is 0 Å². The van der Waals surface area contributed by atoms with Gasteiger partial charge in [-0.15, -0.1) is 0 Å². The lowest BCUT2D eigenvalue weighted by atomic mass is 9.90. The molecule has 18 heavy (non-hydrogen) atoms. The minimum Gasteiger partial charge on any atom is -0.307 e. The lowest BCUT2D eigenvalue weighted by Crippen LogP contribution is -2.28. The summed E-state index contributed by atoms with van der Waals surface area (Å²) in [5.74, 6) is 0.926. The summed E-state index contributed by atoms with van der Waals surface area (Å²) >= 11 is 0. The average Bonchev–Trinajstić information content (AvgIpc) is 3.05. The summed E-state index contributed by atoms with van der Waals surface area (Å²) in [5.41, 5.74) is 1.49. The van der Waals surface area contributed by atoms with E-state index in [9.17, 15) is 4.79 Å². The zero-order valence-electron chi connectivity index (χ0n) is 11.6. The van der Waals surface area contributed by atoms with E-state index in [1.54, 1.807) is 0 Å². The van der Waals surface area contributed by atoms with Gasteiger partial charge in [0.25, 0.3) is 0 Å². The van der Waals surface area contributed by atoms with Crippen molar-refractivity contribution in [2.75, 3.05) is 6.54 Å². The molecular formula is C16H23NO. The number of carbonyl (C=O) groups is 1. The highest BCUT2D eigenvalue weighted by Crippen LogP contribution is 2.40. The van der Waals surface area contributed by atoms with Crippen molar-refractivity contribution in [2.24, 2.45) is 5.41 Å². The first-order chi connectivity index (χ1) is 8.46. The van der Waals surface area contributed by atoms with Gasteiger partial charge in [-0.1, -0.05) is 51.1 Å². The standard InChI is InChI=1S/C16H23NO/c1-16(2,3)10-13(18)11-17-15-9-14(15)12-7-5-4-6-8-12/h4-8,14-15,17H,9-11H2,1-3H3/t14?,15-/m0/s1. The SMILES string of the molecule is CC(C)(C)CC(=O)CN[C@H]1CC1c1ccccc1. The second-order valence-electron chi connectivity index (χ2n) is 6.52. The van der Waals surface area contributed by atoms with Crippen LogP contribution in [-0.4, -0.2) is 18.4 Å². The number of rotatable bonds is 5. The Labute approximate surface area is 110 Å². The number of ketones is 1. The van der Waals surface area contributed by atoms with E-state index in [1.807, 2.05) is 6.07 Å². The summed E-state index contributed by atoms with van der Waals surface area (Å²) in [6.07, 6.45) is 1.82. The van der Waals surface area contributed by atoms with Gasteiger partial charge in [0, 0.05) is 18.4 Å². The van der Waals surface area contributed by atoms with Gasteiger partial charge in [0.2, 0.25) is 0 Å². The largest absolute Gasteiger partial charge is 0.307 e. The third kappa shape index (κ3) is 3.95. The van der Waals surface area contributed by atoms with E-state index in [1.165, 1.54) is 5.56 Å². The molecule has 1 fully saturated rings. The van der Waals surface area contributed by atoms with E-state index in [2.05, 4.69) is 50.4 Å². The van der Waals surface area contributed by atoms with Gasteiger partial charge in [0.1, 0.15) is 5.78 Å². The van der Waals surface area contributed by atoms with Gasteiger partial charge in [-0.2, -0.15) is 0 Å². The molecule has 0 spiro atoms. The average molecular weight is 245 g/mol. The Bertz CT molecular complexity index is 405. The summed E-state index contributed by atoms with van der Waals surface area (Å²) in [4.78, 5) is 11.8. The minimum atomic E-state index is 0.0984. The molecule has 98 valence electrons. The van der Waals surface area contributed by atoms with Crippen LogP contribution in [0.3, 0.4) is 0 Å². The molecule has 1 aliphatic carbocycles. The van der Waals surface area contributed by atoms with Crippen LogP contribution in [0.1, 0.15) is 45.1 Å². The Morgan fingerprint density at radius 1 is 1.28 bits per heavy atom. The molecule has 0 aromatic heterocycles. The summed E-state index contributed by atoms with van der Waals surface area (Å²) in [7, 11) is 0. The van der Waals surface area contributed by atoms with Gasteiger partial charge in [-0.3, -0.25) is 4.79 Å². The molecule has 2 atom stereocenters. The fraction of sp³-hybridized carbons (Fsp3) is 0.562. The zero-order valence-corrected chi connectivity index (χ0v) is 11.6. The molecule has 0 radical (unpaired) electrons. The van der Waals surface area contributed by atoms with E-state index in [4.69, 9.17) is 0 Å². The number of hydrogen-bond donors (Lipinski definition) is 1. The van der Waals surface area contributed by atoms with Gasteiger partial charge in [0.15, 0.2) is 0 Å². The van der Waals surface area contributed by atoms with E-state index in [-0.39, 0.29) is 5.41 Å². The highest BCUT2D eigenvalue weighted by atomic mass is 16.1. The number of benzene rings is 1. The van der Waals surface area contributed by atoms with E-state index < -0.39 is 0 Å². The first kappa shape index (κ1) is 13.3. The minimum absolute atomic E-state index is 0.0984. The molecule has 0 amide bonds. The number of nitrogens with one attached hydrogen (secondary N) is 1. The maximum absolute atomic E-state index is 11.8. The highest BCUT2D eigenvalue weighted by Gasteiger charge is 2.37. The normalized spacial score (nSPS) is 22.8. The molecule has 0 bridgehead atoms. The second kappa shape index (κ2) is 5.23. The molecule has 1 saturated carbocycles. The highest BCUT2D eigenvalue weighted by molar-refractivity contribution is 5.81. The fourth-order valence-electron chi connectivity index (χ4n) is 2.39.